The normalized spacial score (nSPS) is 14.0. The van der Waals surface area contributed by atoms with Gasteiger partial charge in [-0.05, 0) is 89.5 Å². The molecule has 52 heavy (non-hydrogen) atoms. The Balaban J connectivity index is 1.49. The fourth-order valence-electron chi connectivity index (χ4n) is 5.77. The molecule has 1 aromatic carbocycles. The average Bonchev–Trinajstić information content (AvgIpc) is 3.60. The number of halogens is 2. The summed E-state index contributed by atoms with van der Waals surface area (Å²) in [7, 11) is -0.564. The molecule has 5 rings (SSSR count). The minimum Gasteiger partial charge on any atom is -0.491 e. The smallest absolute Gasteiger partial charge is 0.410 e. The van der Waals surface area contributed by atoms with E-state index in [0.717, 1.165) is 22.4 Å². The van der Waals surface area contributed by atoms with Gasteiger partial charge in [-0.2, -0.15) is 0 Å². The lowest BCUT2D eigenvalue weighted by Crippen LogP contribution is -2.49. The molecule has 11 nitrogen and oxygen atoms in total. The van der Waals surface area contributed by atoms with Gasteiger partial charge in [0.1, 0.15) is 35.4 Å². The Hall–Kier alpha value is -4.07. The monoisotopic (exact) mass is 752 g/mol. The van der Waals surface area contributed by atoms with Crippen LogP contribution in [0.4, 0.5) is 15.0 Å². The predicted octanol–water partition coefficient (Wildman–Crippen LogP) is 9.07. The van der Waals surface area contributed by atoms with E-state index in [4.69, 9.17) is 40.0 Å². The summed E-state index contributed by atoms with van der Waals surface area (Å²) in [4.78, 5) is 30.9. The van der Waals surface area contributed by atoms with Crippen molar-refractivity contribution >= 4 is 31.8 Å². The molecule has 0 radical (unpaired) electrons. The summed E-state index contributed by atoms with van der Waals surface area (Å²) in [5.41, 5.74) is 4.45. The molecule has 3 aromatic heterocycles. The highest BCUT2D eigenvalue weighted by Crippen LogP contribution is 2.40. The number of nitrogens with zero attached hydrogens (tertiary/aromatic N) is 6. The Labute approximate surface area is 312 Å². The third kappa shape index (κ3) is 8.75. The van der Waals surface area contributed by atoms with E-state index in [0.29, 0.717) is 58.2 Å². The molecule has 4 aromatic rings. The lowest BCUT2D eigenvalue weighted by molar-refractivity contribution is 0.0172. The second-order valence-electron chi connectivity index (χ2n) is 16.0. The highest BCUT2D eigenvalue weighted by molar-refractivity contribution is 6.74. The van der Waals surface area contributed by atoms with Crippen molar-refractivity contribution in [3.8, 4) is 28.4 Å². The number of fused-ring (bicyclic) bond motifs is 1. The highest BCUT2D eigenvalue weighted by Gasteiger charge is 2.40. The van der Waals surface area contributed by atoms with Crippen molar-refractivity contribution in [2.45, 2.75) is 105 Å². The maximum absolute atomic E-state index is 14.1. The summed E-state index contributed by atoms with van der Waals surface area (Å²) in [6, 6.07) is 6.86. The van der Waals surface area contributed by atoms with Gasteiger partial charge < -0.3 is 28.2 Å². The number of likely N-dealkylation sites (N-methyl/N-ethyl adjacent to an activating group) is 1. The SMILES string of the molecule is Cc1noc(C)c1-c1nc(-c2cc(OC[C@@H](CN(C)C(=O)OC(C)(C)C)O[Si](C)(C)C(C)(C)C)ccc2Cl)nc(N2Cc3cc(F)cnc3C2)c1C. The van der Waals surface area contributed by atoms with Crippen LogP contribution < -0.4 is 9.64 Å². The average molecular weight is 753 g/mol. The van der Waals surface area contributed by atoms with Crippen molar-refractivity contribution in [2.75, 3.05) is 25.1 Å². The Morgan fingerprint density at radius 1 is 1.10 bits per heavy atom. The van der Waals surface area contributed by atoms with Gasteiger partial charge in [0.2, 0.25) is 0 Å². The number of aromatic nitrogens is 4. The van der Waals surface area contributed by atoms with E-state index >= 15 is 0 Å². The van der Waals surface area contributed by atoms with Crippen LogP contribution in [0.25, 0.3) is 22.6 Å². The van der Waals surface area contributed by atoms with Gasteiger partial charge in [-0.25, -0.2) is 19.2 Å². The van der Waals surface area contributed by atoms with Gasteiger partial charge in [0, 0.05) is 24.7 Å². The number of rotatable bonds is 10. The second-order valence-corrected chi connectivity index (χ2v) is 21.1. The van der Waals surface area contributed by atoms with Crippen LogP contribution in [0.15, 0.2) is 35.0 Å². The number of hydrogen-bond donors (Lipinski definition) is 0. The summed E-state index contributed by atoms with van der Waals surface area (Å²) < 4.78 is 38.4. The van der Waals surface area contributed by atoms with Gasteiger partial charge in [-0.1, -0.05) is 37.5 Å². The zero-order valence-electron chi connectivity index (χ0n) is 32.3. The minimum absolute atomic E-state index is 0.0659. The molecule has 14 heteroatoms. The molecule has 4 heterocycles. The van der Waals surface area contributed by atoms with Gasteiger partial charge in [0.15, 0.2) is 14.1 Å². The third-order valence-corrected chi connectivity index (χ3v) is 14.3. The molecular weight excluding hydrogens is 703 g/mol. The van der Waals surface area contributed by atoms with Crippen LogP contribution in [0.1, 0.15) is 69.8 Å². The molecule has 0 saturated heterocycles. The Morgan fingerprint density at radius 2 is 1.81 bits per heavy atom. The number of carbonyl (C=O) groups is 1. The minimum atomic E-state index is -2.26. The predicted molar refractivity (Wildman–Crippen MR) is 203 cm³/mol. The van der Waals surface area contributed by atoms with E-state index in [1.807, 2.05) is 47.6 Å². The molecule has 1 amide bonds. The molecule has 0 bridgehead atoms. The number of pyridine rings is 1. The first kappa shape index (κ1) is 39.1. The van der Waals surface area contributed by atoms with Crippen molar-refractivity contribution in [1.29, 1.82) is 0 Å². The number of anilines is 1. The first-order valence-corrected chi connectivity index (χ1v) is 20.7. The summed E-state index contributed by atoms with van der Waals surface area (Å²) >= 11 is 6.86. The zero-order chi connectivity index (χ0) is 38.3. The topological polar surface area (TPSA) is 116 Å². The molecular formula is C38H50ClFN6O5Si. The van der Waals surface area contributed by atoms with Gasteiger partial charge in [-0.3, -0.25) is 4.98 Å². The molecule has 0 unspecified atom stereocenters. The number of benzene rings is 1. The molecule has 0 fully saturated rings. The van der Waals surface area contributed by atoms with Crippen LogP contribution in [0, 0.1) is 26.6 Å². The van der Waals surface area contributed by atoms with Crippen molar-refractivity contribution in [1.82, 2.24) is 25.0 Å². The number of ether oxygens (including phenoxy) is 2. The molecule has 1 aliphatic heterocycles. The van der Waals surface area contributed by atoms with Crippen LogP contribution in [-0.4, -0.2) is 71.3 Å². The van der Waals surface area contributed by atoms with Crippen LogP contribution in [0.3, 0.4) is 0 Å². The van der Waals surface area contributed by atoms with Crippen molar-refractivity contribution in [3.05, 3.63) is 69.6 Å². The number of aryl methyl sites for hydroxylation is 2. The third-order valence-electron chi connectivity index (χ3n) is 9.48. The van der Waals surface area contributed by atoms with Gasteiger partial charge in [0.25, 0.3) is 0 Å². The van der Waals surface area contributed by atoms with E-state index in [1.54, 1.807) is 19.2 Å². The van der Waals surface area contributed by atoms with E-state index in [-0.39, 0.29) is 24.0 Å². The fourth-order valence-corrected chi connectivity index (χ4v) is 7.30. The highest BCUT2D eigenvalue weighted by atomic mass is 35.5. The summed E-state index contributed by atoms with van der Waals surface area (Å²) in [6.07, 6.45) is 0.355. The zero-order valence-corrected chi connectivity index (χ0v) is 34.0. The van der Waals surface area contributed by atoms with Crippen molar-refractivity contribution in [3.63, 3.8) is 0 Å². The number of amides is 1. The van der Waals surface area contributed by atoms with E-state index in [9.17, 15) is 9.18 Å². The largest absolute Gasteiger partial charge is 0.491 e. The Bertz CT molecular complexity index is 1940. The van der Waals surface area contributed by atoms with Crippen molar-refractivity contribution < 1.29 is 27.6 Å². The van der Waals surface area contributed by atoms with Crippen molar-refractivity contribution in [2.24, 2.45) is 0 Å². The van der Waals surface area contributed by atoms with Gasteiger partial charge >= 0.3 is 6.09 Å². The molecule has 0 spiro atoms. The standard InChI is InChI=1S/C38H50ClFN6O5Si/c1-22-33(32-23(2)44-50-24(32)3)42-34(43-35(22)46-18-25-15-26(40)17-41-31(25)20-46)29-16-27(13-14-30(29)39)48-21-28(51-52(11,12)38(7,8)9)19-45(10)36(47)49-37(4,5)6/h13-17,28H,18-21H2,1-12H3/t28-/m1/s1. The Morgan fingerprint density at radius 3 is 2.44 bits per heavy atom. The maximum atomic E-state index is 14.1. The van der Waals surface area contributed by atoms with Crippen LogP contribution >= 0.6 is 11.6 Å². The van der Waals surface area contributed by atoms with Crippen LogP contribution in [-0.2, 0) is 22.3 Å². The fraction of sp³-hybridized carbons (Fsp3) is 0.500. The van der Waals surface area contributed by atoms with E-state index in [2.05, 4.69) is 48.9 Å². The summed E-state index contributed by atoms with van der Waals surface area (Å²) in [5, 5.41) is 4.54. The lowest BCUT2D eigenvalue weighted by Gasteiger charge is -2.40. The Kier molecular flexibility index (Phi) is 11.1. The van der Waals surface area contributed by atoms with Gasteiger partial charge in [0.05, 0.1) is 53.1 Å². The summed E-state index contributed by atoms with van der Waals surface area (Å²) in [5.74, 6) is 1.81. The molecule has 0 N–H and O–H groups in total. The first-order chi connectivity index (χ1) is 24.1. The van der Waals surface area contributed by atoms with Gasteiger partial charge in [-0.15, -0.1) is 0 Å². The van der Waals surface area contributed by atoms with Crippen LogP contribution in [0.5, 0.6) is 5.75 Å². The number of carbonyl (C=O) groups excluding carboxylic acids is 1. The summed E-state index contributed by atoms with van der Waals surface area (Å²) in [6.45, 7) is 23.4. The second kappa shape index (κ2) is 14.7. The molecule has 0 saturated carbocycles. The number of hydrogen-bond acceptors (Lipinski definition) is 10. The molecule has 280 valence electrons. The molecule has 0 aliphatic carbocycles. The first-order valence-electron chi connectivity index (χ1n) is 17.4. The molecule has 1 atom stereocenters. The lowest BCUT2D eigenvalue weighted by atomic mass is 10.0. The van der Waals surface area contributed by atoms with E-state index < -0.39 is 26.1 Å². The van der Waals surface area contributed by atoms with Crippen LogP contribution in [0.2, 0.25) is 23.2 Å². The van der Waals surface area contributed by atoms with E-state index in [1.165, 1.54) is 17.2 Å². The quantitative estimate of drug-likeness (QED) is 0.145. The molecule has 1 aliphatic rings. The maximum Gasteiger partial charge on any atom is 0.410 e.